The largest absolute Gasteiger partial charge is 0.481 e. The minimum Gasteiger partial charge on any atom is -0.481 e. The van der Waals surface area contributed by atoms with Gasteiger partial charge in [0, 0.05) is 27.1 Å². The third kappa shape index (κ3) is 5.89. The third-order valence-corrected chi connectivity index (χ3v) is 2.71. The zero-order chi connectivity index (χ0) is 15.8. The van der Waals surface area contributed by atoms with Crippen molar-refractivity contribution >= 4 is 23.6 Å². The van der Waals surface area contributed by atoms with Crippen LogP contribution in [0.15, 0.2) is 18.3 Å². The van der Waals surface area contributed by atoms with E-state index < -0.39 is 5.97 Å². The number of carbonyl (C=O) groups excluding carboxylic acids is 2. The Morgan fingerprint density at radius 3 is 2.57 bits per heavy atom. The van der Waals surface area contributed by atoms with E-state index in [9.17, 15) is 14.4 Å². The molecule has 0 bridgehead atoms. The quantitative estimate of drug-likeness (QED) is 0.699. The van der Waals surface area contributed by atoms with Crippen molar-refractivity contribution in [1.82, 2.24) is 15.2 Å². The predicted molar refractivity (Wildman–Crippen MR) is 75.9 cm³/mol. The van der Waals surface area contributed by atoms with Gasteiger partial charge in [0.2, 0.25) is 5.91 Å². The molecule has 3 amide bonds. The maximum atomic E-state index is 11.8. The van der Waals surface area contributed by atoms with Crippen molar-refractivity contribution in [2.45, 2.75) is 12.8 Å². The highest BCUT2D eigenvalue weighted by Gasteiger charge is 2.10. The standard InChI is InChI=1S/C13H18N4O4/c1-14-11(18)5-6-17(2)13(21)16-10-4-3-9(15-8-10)7-12(19)20/h3-4,8H,5-7H2,1-2H3,(H,14,18)(H,16,21)(H,19,20). The molecule has 0 aliphatic carbocycles. The van der Waals surface area contributed by atoms with Crippen LogP contribution < -0.4 is 10.6 Å². The molecule has 0 aliphatic heterocycles. The van der Waals surface area contributed by atoms with E-state index in [2.05, 4.69) is 15.6 Å². The van der Waals surface area contributed by atoms with Crippen LogP contribution in [0.5, 0.6) is 0 Å². The van der Waals surface area contributed by atoms with E-state index in [1.165, 1.54) is 24.2 Å². The number of carboxylic acid groups (broad SMARTS) is 1. The lowest BCUT2D eigenvalue weighted by Gasteiger charge is -2.17. The van der Waals surface area contributed by atoms with E-state index in [0.29, 0.717) is 11.4 Å². The van der Waals surface area contributed by atoms with Gasteiger partial charge in [0.15, 0.2) is 0 Å². The highest BCUT2D eigenvalue weighted by Crippen LogP contribution is 2.07. The van der Waals surface area contributed by atoms with Crippen LogP contribution in [0.25, 0.3) is 0 Å². The SMILES string of the molecule is CNC(=O)CCN(C)C(=O)Nc1ccc(CC(=O)O)nc1. The summed E-state index contributed by atoms with van der Waals surface area (Å²) in [5.74, 6) is -1.11. The first-order chi connectivity index (χ1) is 9.92. The maximum absolute atomic E-state index is 11.8. The summed E-state index contributed by atoms with van der Waals surface area (Å²) in [7, 11) is 3.11. The minimum atomic E-state index is -0.965. The Bertz CT molecular complexity index is 515. The summed E-state index contributed by atoms with van der Waals surface area (Å²) in [6, 6.07) is 2.75. The number of aliphatic carboxylic acids is 1. The van der Waals surface area contributed by atoms with Crippen LogP contribution in [0.4, 0.5) is 10.5 Å². The summed E-state index contributed by atoms with van der Waals surface area (Å²) in [5.41, 5.74) is 0.870. The monoisotopic (exact) mass is 294 g/mol. The van der Waals surface area contributed by atoms with Gasteiger partial charge in [0.25, 0.3) is 0 Å². The molecule has 1 aromatic heterocycles. The van der Waals surface area contributed by atoms with E-state index in [4.69, 9.17) is 5.11 Å². The van der Waals surface area contributed by atoms with Gasteiger partial charge in [0.05, 0.1) is 24.0 Å². The van der Waals surface area contributed by atoms with E-state index >= 15 is 0 Å². The summed E-state index contributed by atoms with van der Waals surface area (Å²) in [4.78, 5) is 38.8. The van der Waals surface area contributed by atoms with Crippen LogP contribution in [0, 0.1) is 0 Å². The van der Waals surface area contributed by atoms with Crippen molar-refractivity contribution < 1.29 is 19.5 Å². The van der Waals surface area contributed by atoms with Crippen LogP contribution in [-0.2, 0) is 16.0 Å². The summed E-state index contributed by atoms with van der Waals surface area (Å²) in [6.07, 6.45) is 1.44. The number of anilines is 1. The lowest BCUT2D eigenvalue weighted by atomic mass is 10.2. The number of amides is 3. The molecule has 0 saturated heterocycles. The Kier molecular flexibility index (Phi) is 6.12. The average molecular weight is 294 g/mol. The van der Waals surface area contributed by atoms with Crippen molar-refractivity contribution in [3.63, 3.8) is 0 Å². The molecule has 21 heavy (non-hydrogen) atoms. The second-order valence-corrected chi connectivity index (χ2v) is 4.38. The highest BCUT2D eigenvalue weighted by molar-refractivity contribution is 5.89. The molecule has 0 aromatic carbocycles. The molecule has 1 aromatic rings. The molecule has 8 heteroatoms. The first kappa shape index (κ1) is 16.4. The van der Waals surface area contributed by atoms with E-state index in [0.717, 1.165) is 0 Å². The van der Waals surface area contributed by atoms with Gasteiger partial charge in [-0.1, -0.05) is 0 Å². The number of hydrogen-bond donors (Lipinski definition) is 3. The Morgan fingerprint density at radius 2 is 2.05 bits per heavy atom. The number of pyridine rings is 1. The molecule has 114 valence electrons. The zero-order valence-electron chi connectivity index (χ0n) is 11.9. The molecule has 3 N–H and O–H groups in total. The third-order valence-electron chi connectivity index (χ3n) is 2.71. The Hall–Kier alpha value is -2.64. The fourth-order valence-corrected chi connectivity index (χ4v) is 1.47. The van der Waals surface area contributed by atoms with Crippen molar-refractivity contribution in [2.75, 3.05) is 26.0 Å². The molecule has 0 aliphatic rings. The molecule has 8 nitrogen and oxygen atoms in total. The zero-order valence-corrected chi connectivity index (χ0v) is 11.9. The van der Waals surface area contributed by atoms with Crippen LogP contribution in [0.1, 0.15) is 12.1 Å². The van der Waals surface area contributed by atoms with Gasteiger partial charge in [-0.05, 0) is 12.1 Å². The molecule has 0 saturated carbocycles. The number of nitrogens with zero attached hydrogens (tertiary/aromatic N) is 2. The smallest absolute Gasteiger partial charge is 0.321 e. The summed E-state index contributed by atoms with van der Waals surface area (Å²) in [6.45, 7) is 0.288. The Morgan fingerprint density at radius 1 is 1.33 bits per heavy atom. The molecule has 0 atom stereocenters. The molecule has 0 unspecified atom stereocenters. The van der Waals surface area contributed by atoms with Crippen molar-refractivity contribution in [3.05, 3.63) is 24.0 Å². The molecular weight excluding hydrogens is 276 g/mol. The molecule has 1 rings (SSSR count). The fourth-order valence-electron chi connectivity index (χ4n) is 1.47. The molecular formula is C13H18N4O4. The van der Waals surface area contributed by atoms with Gasteiger partial charge in [-0.2, -0.15) is 0 Å². The number of hydrogen-bond acceptors (Lipinski definition) is 4. The van der Waals surface area contributed by atoms with Gasteiger partial charge < -0.3 is 20.6 Å². The first-order valence-corrected chi connectivity index (χ1v) is 6.31. The van der Waals surface area contributed by atoms with Gasteiger partial charge in [-0.3, -0.25) is 14.6 Å². The number of aromatic nitrogens is 1. The van der Waals surface area contributed by atoms with Crippen molar-refractivity contribution in [1.29, 1.82) is 0 Å². The molecule has 0 spiro atoms. The average Bonchev–Trinajstić information content (AvgIpc) is 2.45. The number of rotatable bonds is 6. The van der Waals surface area contributed by atoms with Gasteiger partial charge in [-0.25, -0.2) is 4.79 Å². The minimum absolute atomic E-state index is 0.144. The number of urea groups is 1. The van der Waals surface area contributed by atoms with E-state index in [1.807, 2.05) is 0 Å². The fraction of sp³-hybridized carbons (Fsp3) is 0.385. The second-order valence-electron chi connectivity index (χ2n) is 4.38. The second kappa shape index (κ2) is 7.83. The van der Waals surface area contributed by atoms with Gasteiger partial charge in [-0.15, -0.1) is 0 Å². The number of carboxylic acids is 1. The first-order valence-electron chi connectivity index (χ1n) is 6.31. The normalized spacial score (nSPS) is 9.81. The van der Waals surface area contributed by atoms with Gasteiger partial charge in [0.1, 0.15) is 0 Å². The summed E-state index contributed by atoms with van der Waals surface area (Å²) in [5, 5.41) is 13.7. The predicted octanol–water partition coefficient (Wildman–Crippen LogP) is 0.309. The van der Waals surface area contributed by atoms with Crippen LogP contribution in [-0.4, -0.2) is 53.5 Å². The van der Waals surface area contributed by atoms with Crippen molar-refractivity contribution in [2.24, 2.45) is 0 Å². The Labute approximate surface area is 122 Å². The van der Waals surface area contributed by atoms with Crippen LogP contribution >= 0.6 is 0 Å². The lowest BCUT2D eigenvalue weighted by molar-refractivity contribution is -0.136. The Balaban J connectivity index is 2.50. The number of nitrogens with one attached hydrogen (secondary N) is 2. The molecule has 0 radical (unpaired) electrons. The molecule has 1 heterocycles. The highest BCUT2D eigenvalue weighted by atomic mass is 16.4. The topological polar surface area (TPSA) is 112 Å². The van der Waals surface area contributed by atoms with E-state index in [1.54, 1.807) is 13.1 Å². The van der Waals surface area contributed by atoms with Gasteiger partial charge >= 0.3 is 12.0 Å². The summed E-state index contributed by atoms with van der Waals surface area (Å²) >= 11 is 0. The van der Waals surface area contributed by atoms with Crippen LogP contribution in [0.3, 0.4) is 0 Å². The van der Waals surface area contributed by atoms with Crippen LogP contribution in [0.2, 0.25) is 0 Å². The van der Waals surface area contributed by atoms with E-state index in [-0.39, 0.29) is 31.3 Å². The summed E-state index contributed by atoms with van der Waals surface area (Å²) < 4.78 is 0. The maximum Gasteiger partial charge on any atom is 0.321 e. The lowest BCUT2D eigenvalue weighted by Crippen LogP contribution is -2.34. The number of carbonyl (C=O) groups is 3. The molecule has 0 fully saturated rings. The van der Waals surface area contributed by atoms with Crippen molar-refractivity contribution in [3.8, 4) is 0 Å².